The zero-order valence-corrected chi connectivity index (χ0v) is 13.0. The first-order chi connectivity index (χ1) is 9.52. The molecule has 0 unspecified atom stereocenters. The standard InChI is InChI=1S/C16H26N2O2/c1-13-10-14(2)12-15(11-13)17-7-6-16(19)18(3)8-5-9-20-4/h10-12,17H,5-9H2,1-4H3. The number of nitrogens with one attached hydrogen (secondary N) is 1. The van der Waals surface area contributed by atoms with Crippen LogP contribution in [0.25, 0.3) is 0 Å². The van der Waals surface area contributed by atoms with Gasteiger partial charge in [-0.1, -0.05) is 6.07 Å². The molecule has 0 fully saturated rings. The fourth-order valence-electron chi connectivity index (χ4n) is 2.15. The summed E-state index contributed by atoms with van der Waals surface area (Å²) in [5, 5.41) is 3.31. The number of methoxy groups -OCH3 is 1. The van der Waals surface area contributed by atoms with Gasteiger partial charge in [0.05, 0.1) is 0 Å². The summed E-state index contributed by atoms with van der Waals surface area (Å²) in [4.78, 5) is 13.7. The smallest absolute Gasteiger partial charge is 0.224 e. The molecular formula is C16H26N2O2. The number of benzene rings is 1. The molecule has 1 amide bonds. The summed E-state index contributed by atoms with van der Waals surface area (Å²) in [5.41, 5.74) is 3.54. The molecule has 1 aromatic rings. The van der Waals surface area contributed by atoms with Gasteiger partial charge in [0.1, 0.15) is 0 Å². The number of aryl methyl sites for hydroxylation is 2. The number of hydrogen-bond donors (Lipinski definition) is 1. The molecule has 4 nitrogen and oxygen atoms in total. The summed E-state index contributed by atoms with van der Waals surface area (Å²) in [6.07, 6.45) is 1.39. The van der Waals surface area contributed by atoms with Crippen LogP contribution in [0, 0.1) is 13.8 Å². The molecule has 0 saturated carbocycles. The summed E-state index contributed by atoms with van der Waals surface area (Å²) in [7, 11) is 3.52. The van der Waals surface area contributed by atoms with Crippen molar-refractivity contribution in [2.75, 3.05) is 39.2 Å². The van der Waals surface area contributed by atoms with Crippen molar-refractivity contribution in [2.24, 2.45) is 0 Å². The van der Waals surface area contributed by atoms with Gasteiger partial charge in [-0.15, -0.1) is 0 Å². The quantitative estimate of drug-likeness (QED) is 0.743. The van der Waals surface area contributed by atoms with E-state index in [1.165, 1.54) is 11.1 Å². The van der Waals surface area contributed by atoms with E-state index >= 15 is 0 Å². The van der Waals surface area contributed by atoms with Gasteiger partial charge in [0.2, 0.25) is 5.91 Å². The van der Waals surface area contributed by atoms with Crippen LogP contribution in [0.3, 0.4) is 0 Å². The number of carbonyl (C=O) groups is 1. The number of rotatable bonds is 8. The average Bonchev–Trinajstić information content (AvgIpc) is 2.37. The Balaban J connectivity index is 2.30. The second-order valence-electron chi connectivity index (χ2n) is 5.21. The molecule has 1 rings (SSSR count). The lowest BCUT2D eigenvalue weighted by Gasteiger charge is -2.17. The Morgan fingerprint density at radius 1 is 1.25 bits per heavy atom. The van der Waals surface area contributed by atoms with E-state index in [9.17, 15) is 4.79 Å². The van der Waals surface area contributed by atoms with Crippen LogP contribution in [0.2, 0.25) is 0 Å². The molecule has 4 heteroatoms. The van der Waals surface area contributed by atoms with E-state index in [4.69, 9.17) is 4.74 Å². The van der Waals surface area contributed by atoms with Gasteiger partial charge in [-0.2, -0.15) is 0 Å². The van der Waals surface area contributed by atoms with Gasteiger partial charge >= 0.3 is 0 Å². The SMILES string of the molecule is COCCCN(C)C(=O)CCNc1cc(C)cc(C)c1. The molecule has 0 atom stereocenters. The van der Waals surface area contributed by atoms with Crippen LogP contribution in [0.1, 0.15) is 24.0 Å². The van der Waals surface area contributed by atoms with Crippen LogP contribution < -0.4 is 5.32 Å². The molecule has 0 aromatic heterocycles. The van der Waals surface area contributed by atoms with Crippen molar-refractivity contribution in [1.29, 1.82) is 0 Å². The lowest BCUT2D eigenvalue weighted by molar-refractivity contribution is -0.129. The molecule has 0 aliphatic heterocycles. The number of amides is 1. The maximum atomic E-state index is 11.9. The topological polar surface area (TPSA) is 41.6 Å². The summed E-state index contributed by atoms with van der Waals surface area (Å²) in [6.45, 7) is 6.25. The Kier molecular flexibility index (Phi) is 7.09. The van der Waals surface area contributed by atoms with Gasteiger partial charge in [0, 0.05) is 46.0 Å². The second-order valence-corrected chi connectivity index (χ2v) is 5.21. The minimum atomic E-state index is 0.165. The van der Waals surface area contributed by atoms with Crippen LogP contribution in [0.15, 0.2) is 18.2 Å². The van der Waals surface area contributed by atoms with Crippen molar-refractivity contribution in [1.82, 2.24) is 4.90 Å². The van der Waals surface area contributed by atoms with E-state index in [1.807, 2.05) is 7.05 Å². The van der Waals surface area contributed by atoms with Crippen molar-refractivity contribution in [2.45, 2.75) is 26.7 Å². The molecule has 20 heavy (non-hydrogen) atoms. The van der Waals surface area contributed by atoms with Crippen LogP contribution in [0.5, 0.6) is 0 Å². The van der Waals surface area contributed by atoms with Gasteiger partial charge < -0.3 is 15.0 Å². The highest BCUT2D eigenvalue weighted by Crippen LogP contribution is 2.13. The summed E-state index contributed by atoms with van der Waals surface area (Å²) < 4.78 is 4.98. The van der Waals surface area contributed by atoms with E-state index in [1.54, 1.807) is 12.0 Å². The third-order valence-corrected chi connectivity index (χ3v) is 3.16. The maximum absolute atomic E-state index is 11.9. The molecule has 0 radical (unpaired) electrons. The zero-order valence-electron chi connectivity index (χ0n) is 13.0. The first-order valence-corrected chi connectivity index (χ1v) is 7.08. The Morgan fingerprint density at radius 2 is 1.90 bits per heavy atom. The minimum absolute atomic E-state index is 0.165. The maximum Gasteiger partial charge on any atom is 0.224 e. The van der Waals surface area contributed by atoms with Crippen molar-refractivity contribution in [3.05, 3.63) is 29.3 Å². The Bertz CT molecular complexity index is 412. The van der Waals surface area contributed by atoms with Crippen molar-refractivity contribution >= 4 is 11.6 Å². The molecule has 1 aromatic carbocycles. The molecule has 112 valence electrons. The molecule has 0 bridgehead atoms. The first-order valence-electron chi connectivity index (χ1n) is 7.08. The van der Waals surface area contributed by atoms with E-state index in [0.29, 0.717) is 19.6 Å². The van der Waals surface area contributed by atoms with Gasteiger partial charge in [0.25, 0.3) is 0 Å². The lowest BCUT2D eigenvalue weighted by Crippen LogP contribution is -2.29. The number of carbonyl (C=O) groups excluding carboxylic acids is 1. The largest absolute Gasteiger partial charge is 0.385 e. The number of nitrogens with zero attached hydrogens (tertiary/aromatic N) is 1. The average molecular weight is 278 g/mol. The van der Waals surface area contributed by atoms with Crippen molar-refractivity contribution in [3.63, 3.8) is 0 Å². The fourth-order valence-corrected chi connectivity index (χ4v) is 2.15. The molecule has 0 saturated heterocycles. The molecule has 0 aliphatic rings. The van der Waals surface area contributed by atoms with Gasteiger partial charge in [-0.25, -0.2) is 0 Å². The monoisotopic (exact) mass is 278 g/mol. The van der Waals surface area contributed by atoms with Crippen molar-refractivity contribution < 1.29 is 9.53 Å². The summed E-state index contributed by atoms with van der Waals surface area (Å²) in [6, 6.07) is 6.33. The number of ether oxygens (including phenoxy) is 1. The van der Waals surface area contributed by atoms with Crippen LogP contribution >= 0.6 is 0 Å². The van der Waals surface area contributed by atoms with Crippen LogP contribution in [-0.4, -0.2) is 44.7 Å². The second kappa shape index (κ2) is 8.59. The Labute approximate surface area is 122 Å². The van der Waals surface area contributed by atoms with E-state index in [2.05, 4.69) is 37.4 Å². The predicted octanol–water partition coefficient (Wildman–Crippen LogP) is 2.60. The number of anilines is 1. The molecule has 0 heterocycles. The highest BCUT2D eigenvalue weighted by atomic mass is 16.5. The van der Waals surface area contributed by atoms with Gasteiger partial charge in [-0.05, 0) is 43.5 Å². The molecule has 1 N–H and O–H groups in total. The Hall–Kier alpha value is -1.55. The third-order valence-electron chi connectivity index (χ3n) is 3.16. The normalized spacial score (nSPS) is 10.4. The molecule has 0 aliphatic carbocycles. The number of hydrogen-bond acceptors (Lipinski definition) is 3. The summed E-state index contributed by atoms with van der Waals surface area (Å²) >= 11 is 0. The molecular weight excluding hydrogens is 252 g/mol. The zero-order chi connectivity index (χ0) is 15.0. The van der Waals surface area contributed by atoms with Crippen LogP contribution in [-0.2, 0) is 9.53 Å². The van der Waals surface area contributed by atoms with E-state index in [-0.39, 0.29) is 5.91 Å². The van der Waals surface area contributed by atoms with Crippen molar-refractivity contribution in [3.8, 4) is 0 Å². The summed E-state index contributed by atoms with van der Waals surface area (Å²) in [5.74, 6) is 0.165. The van der Waals surface area contributed by atoms with E-state index in [0.717, 1.165) is 18.7 Å². The van der Waals surface area contributed by atoms with Gasteiger partial charge in [0.15, 0.2) is 0 Å². The highest BCUT2D eigenvalue weighted by Gasteiger charge is 2.07. The predicted molar refractivity (Wildman–Crippen MR) is 83.2 cm³/mol. The fraction of sp³-hybridized carbons (Fsp3) is 0.562. The Morgan fingerprint density at radius 3 is 2.50 bits per heavy atom. The van der Waals surface area contributed by atoms with E-state index < -0.39 is 0 Å². The van der Waals surface area contributed by atoms with Crippen LogP contribution in [0.4, 0.5) is 5.69 Å². The lowest BCUT2D eigenvalue weighted by atomic mass is 10.1. The first kappa shape index (κ1) is 16.5. The highest BCUT2D eigenvalue weighted by molar-refractivity contribution is 5.76. The van der Waals surface area contributed by atoms with Gasteiger partial charge in [-0.3, -0.25) is 4.79 Å². The minimum Gasteiger partial charge on any atom is -0.385 e. The molecule has 0 spiro atoms. The third kappa shape index (κ3) is 6.06.